The number of rotatable bonds is 4. The molecule has 0 bridgehead atoms. The molecule has 1 aliphatic rings. The van der Waals surface area contributed by atoms with Gasteiger partial charge in [0.2, 0.25) is 0 Å². The van der Waals surface area contributed by atoms with Crippen LogP contribution < -0.4 is 5.32 Å². The smallest absolute Gasteiger partial charge is 0.321 e. The Bertz CT molecular complexity index is 713. The molecule has 2 aromatic rings. The lowest BCUT2D eigenvalue weighted by Gasteiger charge is -2.24. The number of amides is 2. The molecule has 1 heterocycles. The average Bonchev–Trinajstić information content (AvgIpc) is 3.17. The van der Waals surface area contributed by atoms with E-state index in [2.05, 4.69) is 10.4 Å². The molecule has 2 atom stereocenters. The van der Waals surface area contributed by atoms with Crippen LogP contribution in [0.2, 0.25) is 0 Å². The summed E-state index contributed by atoms with van der Waals surface area (Å²) in [5, 5.41) is 17.3. The summed E-state index contributed by atoms with van der Waals surface area (Å²) >= 11 is 0. The van der Waals surface area contributed by atoms with Gasteiger partial charge in [-0.2, -0.15) is 5.10 Å². The third-order valence-corrected chi connectivity index (χ3v) is 4.59. The molecule has 24 heavy (non-hydrogen) atoms. The Morgan fingerprint density at radius 1 is 1.38 bits per heavy atom. The number of aliphatic hydroxyl groups is 1. The highest BCUT2D eigenvalue weighted by molar-refractivity contribution is 5.91. The minimum absolute atomic E-state index is 0.171. The normalized spacial score (nSPS) is 20.1. The van der Waals surface area contributed by atoms with Crippen molar-refractivity contribution in [3.8, 4) is 5.69 Å². The number of urea groups is 1. The van der Waals surface area contributed by atoms with Crippen LogP contribution in [0.4, 0.5) is 10.5 Å². The Morgan fingerprint density at radius 2 is 2.17 bits per heavy atom. The molecule has 2 N–H and O–H groups in total. The molecule has 1 aliphatic carbocycles. The molecule has 0 spiro atoms. The Kier molecular flexibility index (Phi) is 4.85. The first-order valence-electron chi connectivity index (χ1n) is 8.36. The van der Waals surface area contributed by atoms with Crippen LogP contribution in [0.5, 0.6) is 0 Å². The number of para-hydroxylation sites is 2. The molecule has 0 saturated heterocycles. The molecule has 0 aliphatic heterocycles. The number of hydrogen-bond donors (Lipinski definition) is 2. The van der Waals surface area contributed by atoms with Crippen LogP contribution in [0.1, 0.15) is 25.0 Å². The van der Waals surface area contributed by atoms with Gasteiger partial charge >= 0.3 is 6.03 Å². The maximum absolute atomic E-state index is 12.5. The van der Waals surface area contributed by atoms with Crippen molar-refractivity contribution >= 4 is 11.7 Å². The summed E-state index contributed by atoms with van der Waals surface area (Å²) in [5.74, 6) is 0.171. The molecule has 2 amide bonds. The zero-order valence-corrected chi connectivity index (χ0v) is 14.1. The van der Waals surface area contributed by atoms with Gasteiger partial charge in [0.25, 0.3) is 0 Å². The van der Waals surface area contributed by atoms with Crippen molar-refractivity contribution in [3.05, 3.63) is 42.2 Å². The fourth-order valence-electron chi connectivity index (χ4n) is 3.20. The number of nitrogens with one attached hydrogen (secondary N) is 1. The van der Waals surface area contributed by atoms with Gasteiger partial charge in [-0.05, 0) is 38.0 Å². The van der Waals surface area contributed by atoms with E-state index in [1.54, 1.807) is 16.6 Å². The van der Waals surface area contributed by atoms with Gasteiger partial charge in [0, 0.05) is 25.7 Å². The molecule has 3 rings (SSSR count). The number of carbonyl (C=O) groups is 1. The summed E-state index contributed by atoms with van der Waals surface area (Å²) in [5.41, 5.74) is 2.46. The van der Waals surface area contributed by atoms with Crippen molar-refractivity contribution in [2.24, 2.45) is 5.92 Å². The zero-order chi connectivity index (χ0) is 17.1. The lowest BCUT2D eigenvalue weighted by molar-refractivity contribution is 0.116. The Morgan fingerprint density at radius 3 is 2.83 bits per heavy atom. The Labute approximate surface area is 142 Å². The second-order valence-electron chi connectivity index (χ2n) is 6.49. The highest BCUT2D eigenvalue weighted by atomic mass is 16.3. The van der Waals surface area contributed by atoms with Crippen molar-refractivity contribution in [2.45, 2.75) is 32.3 Å². The summed E-state index contributed by atoms with van der Waals surface area (Å²) in [6.07, 6.45) is 4.42. The third kappa shape index (κ3) is 3.59. The second kappa shape index (κ2) is 7.05. The zero-order valence-electron chi connectivity index (χ0n) is 14.1. The van der Waals surface area contributed by atoms with Crippen molar-refractivity contribution in [3.63, 3.8) is 0 Å². The van der Waals surface area contributed by atoms with Crippen LogP contribution in [-0.2, 0) is 0 Å². The standard InChI is InChI=1S/C18H24N4O2/c1-13-10-11-22(20-13)16-8-4-3-7-15(16)19-18(24)21(2)12-14-6-5-9-17(14)23/h3-4,7-8,10-11,14,17,23H,5-6,9,12H2,1-2H3,(H,19,24). The van der Waals surface area contributed by atoms with E-state index in [-0.39, 0.29) is 18.1 Å². The molecule has 6 heteroatoms. The van der Waals surface area contributed by atoms with E-state index in [0.717, 1.165) is 30.6 Å². The first kappa shape index (κ1) is 16.5. The largest absolute Gasteiger partial charge is 0.393 e. The third-order valence-electron chi connectivity index (χ3n) is 4.59. The monoisotopic (exact) mass is 328 g/mol. The van der Waals surface area contributed by atoms with Gasteiger partial charge in [-0.25, -0.2) is 9.48 Å². The van der Waals surface area contributed by atoms with Gasteiger partial charge < -0.3 is 15.3 Å². The van der Waals surface area contributed by atoms with E-state index in [0.29, 0.717) is 12.2 Å². The molecule has 6 nitrogen and oxygen atoms in total. The summed E-state index contributed by atoms with van der Waals surface area (Å²) in [6, 6.07) is 9.33. The molecular weight excluding hydrogens is 304 g/mol. The number of nitrogens with zero attached hydrogens (tertiary/aromatic N) is 3. The summed E-state index contributed by atoms with van der Waals surface area (Å²) in [4.78, 5) is 14.1. The summed E-state index contributed by atoms with van der Waals surface area (Å²) in [7, 11) is 1.76. The van der Waals surface area contributed by atoms with Gasteiger partial charge in [-0.1, -0.05) is 18.6 Å². The molecular formula is C18H24N4O2. The van der Waals surface area contributed by atoms with E-state index in [1.165, 1.54) is 0 Å². The lowest BCUT2D eigenvalue weighted by Crippen LogP contribution is -2.37. The SMILES string of the molecule is Cc1ccn(-c2ccccc2NC(=O)N(C)CC2CCCC2O)n1. The van der Waals surface area contributed by atoms with Crippen molar-refractivity contribution in [2.75, 3.05) is 18.9 Å². The van der Waals surface area contributed by atoms with Crippen molar-refractivity contribution in [1.29, 1.82) is 0 Å². The van der Waals surface area contributed by atoms with Crippen LogP contribution in [0.15, 0.2) is 36.5 Å². The minimum Gasteiger partial charge on any atom is -0.393 e. The fourth-order valence-corrected chi connectivity index (χ4v) is 3.20. The molecule has 0 radical (unpaired) electrons. The van der Waals surface area contributed by atoms with Gasteiger partial charge in [0.05, 0.1) is 23.2 Å². The van der Waals surface area contributed by atoms with Crippen LogP contribution >= 0.6 is 0 Å². The van der Waals surface area contributed by atoms with E-state index >= 15 is 0 Å². The second-order valence-corrected chi connectivity index (χ2v) is 6.49. The maximum atomic E-state index is 12.5. The first-order valence-corrected chi connectivity index (χ1v) is 8.36. The predicted molar refractivity (Wildman–Crippen MR) is 93.3 cm³/mol. The van der Waals surface area contributed by atoms with E-state index in [9.17, 15) is 9.90 Å². The van der Waals surface area contributed by atoms with Gasteiger partial charge in [0.1, 0.15) is 0 Å². The molecule has 1 aromatic carbocycles. The van der Waals surface area contributed by atoms with Crippen LogP contribution in [0, 0.1) is 12.8 Å². The number of aryl methyl sites for hydroxylation is 1. The number of aliphatic hydroxyl groups excluding tert-OH is 1. The highest BCUT2D eigenvalue weighted by Gasteiger charge is 2.27. The number of hydrogen-bond acceptors (Lipinski definition) is 3. The topological polar surface area (TPSA) is 70.4 Å². The quantitative estimate of drug-likeness (QED) is 0.906. The van der Waals surface area contributed by atoms with Gasteiger partial charge in [-0.3, -0.25) is 0 Å². The molecule has 2 unspecified atom stereocenters. The minimum atomic E-state index is -0.292. The van der Waals surface area contributed by atoms with Gasteiger partial charge in [0.15, 0.2) is 0 Å². The molecule has 128 valence electrons. The van der Waals surface area contributed by atoms with E-state index in [4.69, 9.17) is 0 Å². The van der Waals surface area contributed by atoms with Gasteiger partial charge in [-0.15, -0.1) is 0 Å². The number of benzene rings is 1. The number of carbonyl (C=O) groups excluding carboxylic acids is 1. The average molecular weight is 328 g/mol. The number of anilines is 1. The molecule has 1 saturated carbocycles. The summed E-state index contributed by atoms with van der Waals surface area (Å²) in [6.45, 7) is 2.49. The predicted octanol–water partition coefficient (Wildman–Crippen LogP) is 2.81. The highest BCUT2D eigenvalue weighted by Crippen LogP contribution is 2.26. The lowest BCUT2D eigenvalue weighted by atomic mass is 10.1. The number of aromatic nitrogens is 2. The van der Waals surface area contributed by atoms with Crippen molar-refractivity contribution < 1.29 is 9.90 Å². The van der Waals surface area contributed by atoms with Crippen LogP contribution in [0.25, 0.3) is 5.69 Å². The summed E-state index contributed by atoms with van der Waals surface area (Å²) < 4.78 is 1.76. The maximum Gasteiger partial charge on any atom is 0.321 e. The Balaban J connectivity index is 1.70. The molecule has 1 fully saturated rings. The van der Waals surface area contributed by atoms with Crippen LogP contribution in [0.3, 0.4) is 0 Å². The van der Waals surface area contributed by atoms with Crippen molar-refractivity contribution in [1.82, 2.24) is 14.7 Å². The van der Waals surface area contributed by atoms with E-state index in [1.807, 2.05) is 43.5 Å². The fraction of sp³-hybridized carbons (Fsp3) is 0.444. The molecule has 1 aromatic heterocycles. The van der Waals surface area contributed by atoms with Crippen LogP contribution in [-0.4, -0.2) is 45.5 Å². The van der Waals surface area contributed by atoms with E-state index < -0.39 is 0 Å². The Hall–Kier alpha value is -2.34. The first-order chi connectivity index (χ1) is 11.5.